The zero-order chi connectivity index (χ0) is 20.2. The fraction of sp³-hybridized carbons (Fsp3) is 0.150. The number of benzene rings is 2. The molecule has 0 atom stereocenters. The fourth-order valence-corrected chi connectivity index (χ4v) is 3.57. The highest BCUT2D eigenvalue weighted by Gasteiger charge is 2.14. The number of aryl methyl sites for hydroxylation is 1. The second kappa shape index (κ2) is 8.59. The van der Waals surface area contributed by atoms with Gasteiger partial charge >= 0.3 is 0 Å². The van der Waals surface area contributed by atoms with E-state index in [0.29, 0.717) is 27.8 Å². The Hall–Kier alpha value is -2.97. The molecule has 0 fully saturated rings. The van der Waals surface area contributed by atoms with Crippen LogP contribution in [0.4, 0.5) is 5.69 Å². The third-order valence-electron chi connectivity index (χ3n) is 4.19. The van der Waals surface area contributed by atoms with E-state index in [1.807, 2.05) is 55.5 Å². The van der Waals surface area contributed by atoms with E-state index in [1.54, 1.807) is 4.68 Å². The van der Waals surface area contributed by atoms with E-state index in [0.717, 1.165) is 16.8 Å². The van der Waals surface area contributed by atoms with E-state index in [4.69, 9.17) is 11.6 Å². The lowest BCUT2D eigenvalue weighted by atomic mass is 10.2. The molecule has 0 unspecified atom stereocenters. The summed E-state index contributed by atoms with van der Waals surface area (Å²) in [6, 6.07) is 15.2. The first-order valence-corrected chi connectivity index (χ1v) is 10.2. The first-order chi connectivity index (χ1) is 14.1. The maximum atomic E-state index is 12.3. The van der Waals surface area contributed by atoms with Crippen molar-refractivity contribution in [2.45, 2.75) is 18.5 Å². The summed E-state index contributed by atoms with van der Waals surface area (Å²) in [5.41, 5.74) is 4.14. The Kier molecular flexibility index (Phi) is 5.73. The van der Waals surface area contributed by atoms with Crippen molar-refractivity contribution in [2.24, 2.45) is 0 Å². The van der Waals surface area contributed by atoms with Gasteiger partial charge in [-0.15, -0.1) is 5.10 Å². The third-order valence-corrected chi connectivity index (χ3v) is 5.42. The molecule has 0 spiro atoms. The van der Waals surface area contributed by atoms with E-state index >= 15 is 0 Å². The Bertz CT molecular complexity index is 1140. The maximum Gasteiger partial charge on any atom is 0.234 e. The second-order valence-corrected chi connectivity index (χ2v) is 7.83. The van der Waals surface area contributed by atoms with Gasteiger partial charge in [0.15, 0.2) is 11.2 Å². The van der Waals surface area contributed by atoms with Crippen LogP contribution in [-0.4, -0.2) is 36.6 Å². The number of rotatable bonds is 6. The average molecular weight is 425 g/mol. The van der Waals surface area contributed by atoms with Gasteiger partial charge in [-0.2, -0.15) is 0 Å². The Balaban J connectivity index is 1.45. The molecule has 0 aliphatic rings. The molecule has 4 aromatic rings. The van der Waals surface area contributed by atoms with Gasteiger partial charge in [0, 0.05) is 10.7 Å². The Morgan fingerprint density at radius 3 is 2.62 bits per heavy atom. The van der Waals surface area contributed by atoms with Crippen molar-refractivity contribution in [3.8, 4) is 0 Å². The number of carbonyl (C=O) groups is 1. The predicted octanol–water partition coefficient (Wildman–Crippen LogP) is 3.96. The molecule has 0 saturated carbocycles. The van der Waals surface area contributed by atoms with Crippen molar-refractivity contribution in [2.75, 3.05) is 11.1 Å². The second-order valence-electron chi connectivity index (χ2n) is 6.43. The van der Waals surface area contributed by atoms with Crippen LogP contribution in [0.2, 0.25) is 5.02 Å². The third kappa shape index (κ3) is 4.72. The van der Waals surface area contributed by atoms with Gasteiger partial charge in [0.2, 0.25) is 5.91 Å². The molecule has 0 radical (unpaired) electrons. The first kappa shape index (κ1) is 19.4. The Morgan fingerprint density at radius 1 is 1.10 bits per heavy atom. The van der Waals surface area contributed by atoms with Gasteiger partial charge in [0.05, 0.1) is 12.3 Å². The topological polar surface area (TPSA) is 85.6 Å². The van der Waals surface area contributed by atoms with Crippen molar-refractivity contribution < 1.29 is 4.79 Å². The summed E-state index contributed by atoms with van der Waals surface area (Å²) in [5, 5.41) is 12.6. The molecule has 0 saturated heterocycles. The number of halogens is 1. The van der Waals surface area contributed by atoms with Gasteiger partial charge < -0.3 is 5.32 Å². The molecule has 29 heavy (non-hydrogen) atoms. The zero-order valence-electron chi connectivity index (χ0n) is 15.5. The van der Waals surface area contributed by atoms with E-state index in [2.05, 4.69) is 25.6 Å². The molecule has 1 amide bonds. The van der Waals surface area contributed by atoms with Crippen LogP contribution < -0.4 is 5.32 Å². The number of thioether (sulfide) groups is 1. The van der Waals surface area contributed by atoms with Crippen LogP contribution >= 0.6 is 23.4 Å². The van der Waals surface area contributed by atoms with E-state index in [9.17, 15) is 4.79 Å². The maximum absolute atomic E-state index is 12.3. The lowest BCUT2D eigenvalue weighted by molar-refractivity contribution is -0.113. The summed E-state index contributed by atoms with van der Waals surface area (Å²) >= 11 is 7.24. The molecule has 9 heteroatoms. The van der Waals surface area contributed by atoms with Gasteiger partial charge in [0.1, 0.15) is 11.4 Å². The largest absolute Gasteiger partial charge is 0.325 e. The molecule has 2 heterocycles. The minimum Gasteiger partial charge on any atom is -0.325 e. The molecular formula is C20H17ClN6OS. The van der Waals surface area contributed by atoms with Crippen LogP contribution in [0, 0.1) is 6.92 Å². The molecule has 4 rings (SSSR count). The van der Waals surface area contributed by atoms with Crippen LogP contribution in [0.5, 0.6) is 0 Å². The van der Waals surface area contributed by atoms with E-state index in [-0.39, 0.29) is 11.7 Å². The van der Waals surface area contributed by atoms with Crippen molar-refractivity contribution >= 4 is 46.1 Å². The van der Waals surface area contributed by atoms with Crippen LogP contribution in [0.25, 0.3) is 11.2 Å². The van der Waals surface area contributed by atoms with Crippen LogP contribution in [0.1, 0.15) is 11.1 Å². The number of hydrogen-bond donors (Lipinski definition) is 1. The van der Waals surface area contributed by atoms with Crippen LogP contribution in [0.3, 0.4) is 0 Å². The molecule has 7 nitrogen and oxygen atoms in total. The van der Waals surface area contributed by atoms with E-state index in [1.165, 1.54) is 18.1 Å². The molecule has 146 valence electrons. The number of nitrogens with one attached hydrogen (secondary N) is 1. The zero-order valence-corrected chi connectivity index (χ0v) is 17.1. The fourth-order valence-electron chi connectivity index (χ4n) is 2.71. The summed E-state index contributed by atoms with van der Waals surface area (Å²) in [6.07, 6.45) is 1.46. The smallest absolute Gasteiger partial charge is 0.234 e. The number of carbonyl (C=O) groups excluding carboxylic acids is 1. The lowest BCUT2D eigenvalue weighted by Gasteiger charge is -2.05. The molecular weight excluding hydrogens is 408 g/mol. The van der Waals surface area contributed by atoms with Gasteiger partial charge in [-0.05, 0) is 36.8 Å². The molecule has 0 aliphatic carbocycles. The molecule has 2 aromatic heterocycles. The number of anilines is 1. The first-order valence-electron chi connectivity index (χ1n) is 8.86. The molecule has 0 bridgehead atoms. The quantitative estimate of drug-likeness (QED) is 0.372. The molecule has 1 N–H and O–H groups in total. The standard InChI is InChI=1S/C20H17ClN6OS/c1-13-2-8-16(9-3-13)24-17(28)11-29-20-18-19(22-12-23-20)27(26-25-18)10-14-4-6-15(21)7-5-14/h2-9,12H,10-11H2,1H3,(H,24,28). The highest BCUT2D eigenvalue weighted by Crippen LogP contribution is 2.23. The number of amides is 1. The highest BCUT2D eigenvalue weighted by molar-refractivity contribution is 8.00. The summed E-state index contributed by atoms with van der Waals surface area (Å²) in [7, 11) is 0. The lowest BCUT2D eigenvalue weighted by Crippen LogP contribution is -2.14. The Morgan fingerprint density at radius 2 is 1.86 bits per heavy atom. The summed E-state index contributed by atoms with van der Waals surface area (Å²) in [4.78, 5) is 20.8. The summed E-state index contributed by atoms with van der Waals surface area (Å²) in [5.74, 6) is 0.100. The number of aromatic nitrogens is 5. The van der Waals surface area contributed by atoms with Gasteiger partial charge in [-0.1, -0.05) is 58.4 Å². The van der Waals surface area contributed by atoms with Crippen molar-refractivity contribution in [1.29, 1.82) is 0 Å². The molecule has 2 aromatic carbocycles. The predicted molar refractivity (Wildman–Crippen MR) is 114 cm³/mol. The normalized spacial score (nSPS) is 11.0. The van der Waals surface area contributed by atoms with Crippen LogP contribution in [-0.2, 0) is 11.3 Å². The van der Waals surface area contributed by atoms with Crippen molar-refractivity contribution in [3.05, 3.63) is 71.0 Å². The Labute approximate surface area is 176 Å². The molecule has 0 aliphatic heterocycles. The number of hydrogen-bond acceptors (Lipinski definition) is 6. The van der Waals surface area contributed by atoms with Crippen molar-refractivity contribution in [1.82, 2.24) is 25.0 Å². The highest BCUT2D eigenvalue weighted by atomic mass is 35.5. The minimum absolute atomic E-state index is 0.112. The van der Waals surface area contributed by atoms with E-state index < -0.39 is 0 Å². The van der Waals surface area contributed by atoms with Crippen LogP contribution in [0.15, 0.2) is 59.9 Å². The number of nitrogens with zero attached hydrogens (tertiary/aromatic N) is 5. The van der Waals surface area contributed by atoms with Gasteiger partial charge in [-0.3, -0.25) is 4.79 Å². The number of fused-ring (bicyclic) bond motifs is 1. The summed E-state index contributed by atoms with van der Waals surface area (Å²) < 4.78 is 1.71. The monoisotopic (exact) mass is 424 g/mol. The SMILES string of the molecule is Cc1ccc(NC(=O)CSc2ncnc3c2nnn3Cc2ccc(Cl)cc2)cc1. The van der Waals surface area contributed by atoms with Gasteiger partial charge in [0.25, 0.3) is 0 Å². The minimum atomic E-state index is -0.112. The van der Waals surface area contributed by atoms with Gasteiger partial charge in [-0.25, -0.2) is 14.6 Å². The average Bonchev–Trinajstić information content (AvgIpc) is 3.13. The van der Waals surface area contributed by atoms with Crippen molar-refractivity contribution in [3.63, 3.8) is 0 Å². The summed E-state index contributed by atoms with van der Waals surface area (Å²) in [6.45, 7) is 2.52.